The first kappa shape index (κ1) is 28.0. The molecule has 2 heterocycles. The molecule has 1 N–H and O–H groups in total. The van der Waals surface area contributed by atoms with E-state index in [0.29, 0.717) is 25.2 Å². The number of hydrogen-bond donors (Lipinski definition) is 1. The highest BCUT2D eigenvalue weighted by Gasteiger charge is 2.36. The molecular weight excluding hydrogens is 505 g/mol. The molecule has 0 aliphatic carbocycles. The van der Waals surface area contributed by atoms with Gasteiger partial charge < -0.3 is 24.1 Å². The first-order valence-corrected chi connectivity index (χ1v) is 12.8. The lowest BCUT2D eigenvalue weighted by molar-refractivity contribution is -0.163. The molecular formula is C30H32FNO7. The van der Waals surface area contributed by atoms with Gasteiger partial charge in [0.25, 0.3) is 0 Å². The highest BCUT2D eigenvalue weighted by atomic mass is 19.1. The van der Waals surface area contributed by atoms with Gasteiger partial charge in [-0.1, -0.05) is 30.3 Å². The minimum atomic E-state index is -0.904. The number of carbonyl (C=O) groups is 2. The SMILES string of the molecule is COc1ccnc(C(=O)C[C@H]2COCC[C@H](Cc3ccc(F)cc3)[C@@H](Oc3ccccc3)[C@H](C)OC2=O)c1O. The summed E-state index contributed by atoms with van der Waals surface area (Å²) in [6, 6.07) is 17.0. The average Bonchev–Trinajstić information content (AvgIpc) is 2.94. The molecule has 0 saturated carbocycles. The number of cyclic esters (lactones) is 1. The largest absolute Gasteiger partial charge is 0.503 e. The number of halogens is 1. The first-order chi connectivity index (χ1) is 18.9. The zero-order valence-corrected chi connectivity index (χ0v) is 21.9. The molecule has 1 aromatic heterocycles. The van der Waals surface area contributed by atoms with Crippen molar-refractivity contribution in [3.05, 3.63) is 83.9 Å². The molecule has 9 heteroatoms. The zero-order chi connectivity index (χ0) is 27.8. The van der Waals surface area contributed by atoms with Crippen molar-refractivity contribution in [2.24, 2.45) is 11.8 Å². The highest BCUT2D eigenvalue weighted by molar-refractivity contribution is 5.99. The lowest BCUT2D eigenvalue weighted by atomic mass is 9.88. The van der Waals surface area contributed by atoms with Crippen molar-refractivity contribution in [3.8, 4) is 17.2 Å². The second-order valence-electron chi connectivity index (χ2n) is 9.53. The molecule has 1 fully saturated rings. The van der Waals surface area contributed by atoms with Crippen LogP contribution in [0.15, 0.2) is 66.9 Å². The Labute approximate surface area is 226 Å². The molecule has 206 valence electrons. The van der Waals surface area contributed by atoms with Crippen LogP contribution < -0.4 is 9.47 Å². The fourth-order valence-electron chi connectivity index (χ4n) is 4.68. The summed E-state index contributed by atoms with van der Waals surface area (Å²) in [7, 11) is 1.37. The second-order valence-corrected chi connectivity index (χ2v) is 9.53. The summed E-state index contributed by atoms with van der Waals surface area (Å²) in [4.78, 5) is 30.2. The van der Waals surface area contributed by atoms with Gasteiger partial charge in [-0.05, 0) is 49.6 Å². The van der Waals surface area contributed by atoms with Crippen LogP contribution in [0.4, 0.5) is 4.39 Å². The van der Waals surface area contributed by atoms with Crippen LogP contribution in [0.25, 0.3) is 0 Å². The van der Waals surface area contributed by atoms with Gasteiger partial charge in [0.1, 0.15) is 23.8 Å². The Morgan fingerprint density at radius 2 is 1.87 bits per heavy atom. The topological polar surface area (TPSA) is 104 Å². The van der Waals surface area contributed by atoms with Crippen molar-refractivity contribution in [1.29, 1.82) is 0 Å². The normalized spacial score (nSPS) is 22.0. The first-order valence-electron chi connectivity index (χ1n) is 12.8. The van der Waals surface area contributed by atoms with Crippen molar-refractivity contribution in [3.63, 3.8) is 0 Å². The summed E-state index contributed by atoms with van der Waals surface area (Å²) in [5, 5.41) is 10.3. The van der Waals surface area contributed by atoms with Gasteiger partial charge in [0.15, 0.2) is 23.0 Å². The van der Waals surface area contributed by atoms with E-state index < -0.39 is 29.9 Å². The molecule has 39 heavy (non-hydrogen) atoms. The summed E-state index contributed by atoms with van der Waals surface area (Å²) < 4.78 is 36.6. The van der Waals surface area contributed by atoms with E-state index in [1.807, 2.05) is 30.3 Å². The van der Waals surface area contributed by atoms with E-state index >= 15 is 0 Å². The van der Waals surface area contributed by atoms with Gasteiger partial charge in [0.2, 0.25) is 0 Å². The number of hydrogen-bond acceptors (Lipinski definition) is 8. The molecule has 0 spiro atoms. The predicted octanol–water partition coefficient (Wildman–Crippen LogP) is 4.78. The van der Waals surface area contributed by atoms with Crippen LogP contribution in [0, 0.1) is 17.7 Å². The van der Waals surface area contributed by atoms with E-state index in [0.717, 1.165) is 5.56 Å². The van der Waals surface area contributed by atoms with Crippen LogP contribution in [-0.4, -0.2) is 54.4 Å². The molecule has 0 bridgehead atoms. The van der Waals surface area contributed by atoms with Crippen molar-refractivity contribution >= 4 is 11.8 Å². The smallest absolute Gasteiger partial charge is 0.312 e. The van der Waals surface area contributed by atoms with E-state index in [-0.39, 0.29) is 42.0 Å². The molecule has 0 amide bonds. The maximum absolute atomic E-state index is 13.5. The number of carbonyl (C=O) groups excluding carboxylic acids is 2. The van der Waals surface area contributed by atoms with Crippen LogP contribution in [0.5, 0.6) is 17.2 Å². The number of pyridine rings is 1. The van der Waals surface area contributed by atoms with Crippen LogP contribution in [0.3, 0.4) is 0 Å². The number of Topliss-reactive ketones (excluding diaryl/α,β-unsaturated/α-hetero) is 1. The van der Waals surface area contributed by atoms with E-state index in [4.69, 9.17) is 18.9 Å². The van der Waals surface area contributed by atoms with Crippen LogP contribution in [0.1, 0.15) is 35.8 Å². The van der Waals surface area contributed by atoms with Crippen LogP contribution in [0.2, 0.25) is 0 Å². The number of ketones is 1. The molecule has 0 radical (unpaired) electrons. The zero-order valence-electron chi connectivity index (χ0n) is 21.9. The molecule has 3 aromatic rings. The Morgan fingerprint density at radius 1 is 1.13 bits per heavy atom. The van der Waals surface area contributed by atoms with E-state index in [1.165, 1.54) is 31.5 Å². The number of esters is 1. The number of para-hydroxylation sites is 1. The van der Waals surface area contributed by atoms with Crippen LogP contribution >= 0.6 is 0 Å². The third-order valence-electron chi connectivity index (χ3n) is 6.74. The number of aromatic hydroxyl groups is 1. The van der Waals surface area contributed by atoms with E-state index in [1.54, 1.807) is 19.1 Å². The highest BCUT2D eigenvalue weighted by Crippen LogP contribution is 2.31. The van der Waals surface area contributed by atoms with Gasteiger partial charge in [-0.2, -0.15) is 0 Å². The van der Waals surface area contributed by atoms with Gasteiger partial charge in [0, 0.05) is 31.2 Å². The van der Waals surface area contributed by atoms with Gasteiger partial charge in [0.05, 0.1) is 19.6 Å². The summed E-state index contributed by atoms with van der Waals surface area (Å²) >= 11 is 0. The second kappa shape index (κ2) is 13.2. The number of nitrogens with zero attached hydrogens (tertiary/aromatic N) is 1. The monoisotopic (exact) mass is 537 g/mol. The Balaban J connectivity index is 1.54. The number of aromatic nitrogens is 1. The fourth-order valence-corrected chi connectivity index (χ4v) is 4.68. The Hall–Kier alpha value is -3.98. The van der Waals surface area contributed by atoms with Gasteiger partial charge in [-0.3, -0.25) is 9.59 Å². The molecule has 1 aliphatic rings. The van der Waals surface area contributed by atoms with Gasteiger partial charge >= 0.3 is 5.97 Å². The van der Waals surface area contributed by atoms with Crippen molar-refractivity contribution < 1.29 is 38.0 Å². The number of methoxy groups -OCH3 is 1. The molecule has 2 aromatic carbocycles. The lowest BCUT2D eigenvalue weighted by Crippen LogP contribution is -2.43. The minimum absolute atomic E-state index is 0.0322. The average molecular weight is 538 g/mol. The minimum Gasteiger partial charge on any atom is -0.503 e. The Bertz CT molecular complexity index is 1250. The van der Waals surface area contributed by atoms with Gasteiger partial charge in [-0.15, -0.1) is 0 Å². The number of benzene rings is 2. The summed E-state index contributed by atoms with van der Waals surface area (Å²) in [5.74, 6) is -2.13. The molecule has 4 atom stereocenters. The van der Waals surface area contributed by atoms with E-state index in [9.17, 15) is 19.1 Å². The number of ether oxygens (including phenoxy) is 4. The van der Waals surface area contributed by atoms with Crippen molar-refractivity contribution in [1.82, 2.24) is 4.98 Å². The van der Waals surface area contributed by atoms with Crippen LogP contribution in [-0.2, 0) is 20.7 Å². The Kier molecular flexibility index (Phi) is 9.49. The van der Waals surface area contributed by atoms with Crippen molar-refractivity contribution in [2.45, 2.75) is 38.4 Å². The third-order valence-corrected chi connectivity index (χ3v) is 6.74. The maximum atomic E-state index is 13.5. The standard InChI is InChI=1S/C30H32FNO7/c1-19-29(39-24-6-4-3-5-7-24)21(16-20-8-10-23(31)11-9-20)13-15-37-18-22(30(35)38-19)17-25(33)27-28(34)26(36-2)12-14-32-27/h3-12,14,19,21-22,29,34H,13,15-18H2,1-2H3/t19-,21+,22-,29-/m0/s1. The molecule has 1 aliphatic heterocycles. The van der Waals surface area contributed by atoms with Crippen molar-refractivity contribution in [2.75, 3.05) is 20.3 Å². The molecule has 1 saturated heterocycles. The fraction of sp³-hybridized carbons (Fsp3) is 0.367. The lowest BCUT2D eigenvalue weighted by Gasteiger charge is -2.34. The van der Waals surface area contributed by atoms with E-state index in [2.05, 4.69) is 4.98 Å². The van der Waals surface area contributed by atoms with Gasteiger partial charge in [-0.25, -0.2) is 9.37 Å². The molecule has 8 nitrogen and oxygen atoms in total. The number of rotatable bonds is 8. The Morgan fingerprint density at radius 3 is 2.59 bits per heavy atom. The predicted molar refractivity (Wildman–Crippen MR) is 140 cm³/mol. The quantitative estimate of drug-likeness (QED) is 0.323. The molecule has 0 unspecified atom stereocenters. The third kappa shape index (κ3) is 7.32. The summed E-state index contributed by atoms with van der Waals surface area (Å²) in [6.07, 6.45) is 1.03. The summed E-state index contributed by atoms with van der Waals surface area (Å²) in [6.45, 7) is 2.04. The molecule has 4 rings (SSSR count). The maximum Gasteiger partial charge on any atom is 0.312 e. The summed E-state index contributed by atoms with van der Waals surface area (Å²) in [5.41, 5.74) is 0.740.